The first-order valence-corrected chi connectivity index (χ1v) is 6.78. The van der Waals surface area contributed by atoms with E-state index in [1.54, 1.807) is 23.2 Å². The summed E-state index contributed by atoms with van der Waals surface area (Å²) in [4.78, 5) is 23.7. The van der Waals surface area contributed by atoms with E-state index in [0.717, 1.165) is 17.9 Å². The third-order valence-corrected chi connectivity index (χ3v) is 3.78. The van der Waals surface area contributed by atoms with Crippen LogP contribution in [0.4, 0.5) is 5.69 Å². The van der Waals surface area contributed by atoms with Crippen molar-refractivity contribution in [1.82, 2.24) is 5.01 Å². The number of nitriles is 1. The molecule has 6 nitrogen and oxygen atoms in total. The van der Waals surface area contributed by atoms with Gasteiger partial charge in [0, 0.05) is 13.8 Å². The second-order valence-electron chi connectivity index (χ2n) is 5.49. The van der Waals surface area contributed by atoms with Gasteiger partial charge in [-0.3, -0.25) is 14.6 Å². The normalized spacial score (nSPS) is 17.5. The van der Waals surface area contributed by atoms with Gasteiger partial charge in [-0.1, -0.05) is 0 Å². The molecule has 0 radical (unpaired) electrons. The van der Waals surface area contributed by atoms with Gasteiger partial charge in [0.25, 0.3) is 0 Å². The van der Waals surface area contributed by atoms with Crippen molar-refractivity contribution in [3.8, 4) is 11.8 Å². The van der Waals surface area contributed by atoms with Gasteiger partial charge in [0.05, 0.1) is 18.2 Å². The maximum atomic E-state index is 11.8. The number of carbonyl (C=O) groups is 2. The minimum absolute atomic E-state index is 0.315. The molecular formula is C15H15N3O3. The fourth-order valence-corrected chi connectivity index (χ4v) is 2.64. The van der Waals surface area contributed by atoms with Crippen LogP contribution in [0.2, 0.25) is 0 Å². The number of amides is 2. The van der Waals surface area contributed by atoms with Crippen LogP contribution < -0.4 is 9.75 Å². The van der Waals surface area contributed by atoms with Crippen molar-refractivity contribution in [2.45, 2.75) is 32.3 Å². The molecule has 0 unspecified atom stereocenters. The summed E-state index contributed by atoms with van der Waals surface area (Å²) in [6.07, 6.45) is 1.79. The Morgan fingerprint density at radius 1 is 1.33 bits per heavy atom. The fraction of sp³-hybridized carbons (Fsp3) is 0.400. The van der Waals surface area contributed by atoms with Crippen LogP contribution in [-0.4, -0.2) is 29.0 Å². The van der Waals surface area contributed by atoms with Crippen molar-refractivity contribution in [1.29, 1.82) is 5.26 Å². The lowest BCUT2D eigenvalue weighted by molar-refractivity contribution is -0.143. The molecular weight excluding hydrogens is 270 g/mol. The van der Waals surface area contributed by atoms with Crippen LogP contribution in [0.5, 0.6) is 5.75 Å². The summed E-state index contributed by atoms with van der Waals surface area (Å²) >= 11 is 0. The zero-order valence-electron chi connectivity index (χ0n) is 11.9. The van der Waals surface area contributed by atoms with E-state index in [1.807, 2.05) is 0 Å². The van der Waals surface area contributed by atoms with E-state index in [0.29, 0.717) is 23.5 Å². The van der Waals surface area contributed by atoms with E-state index < -0.39 is 0 Å². The van der Waals surface area contributed by atoms with E-state index in [4.69, 9.17) is 10.00 Å². The monoisotopic (exact) mass is 285 g/mol. The molecule has 1 fully saturated rings. The average molecular weight is 285 g/mol. The Balaban J connectivity index is 2.10. The van der Waals surface area contributed by atoms with Crippen molar-refractivity contribution < 1.29 is 14.3 Å². The molecule has 0 N–H and O–H groups in total. The standard InChI is InChI=1S/C15H15N3O3/c1-10(19)18(11(2)20)17-9-15(5-6-15)21-14-4-3-12(8-16)7-13(14)17/h3-4,7H,5-6,9H2,1-2H3. The van der Waals surface area contributed by atoms with E-state index in [2.05, 4.69) is 6.07 Å². The van der Waals surface area contributed by atoms with Crippen LogP contribution in [0.1, 0.15) is 32.3 Å². The third kappa shape index (κ3) is 2.21. The van der Waals surface area contributed by atoms with Gasteiger partial charge >= 0.3 is 0 Å². The van der Waals surface area contributed by atoms with E-state index in [9.17, 15) is 9.59 Å². The van der Waals surface area contributed by atoms with Crippen LogP contribution in [0, 0.1) is 11.3 Å². The highest BCUT2D eigenvalue weighted by atomic mass is 16.5. The Bertz CT molecular complexity index is 659. The number of benzene rings is 1. The highest BCUT2D eigenvalue weighted by Gasteiger charge is 2.52. The molecule has 1 heterocycles. The molecule has 0 bridgehead atoms. The van der Waals surface area contributed by atoms with Crippen molar-refractivity contribution in [2.24, 2.45) is 0 Å². The third-order valence-electron chi connectivity index (χ3n) is 3.78. The molecule has 0 aromatic heterocycles. The lowest BCUT2D eigenvalue weighted by atomic mass is 10.1. The number of rotatable bonds is 1. The number of hydrazine groups is 1. The minimum Gasteiger partial charge on any atom is -0.483 e. The smallest absolute Gasteiger partial charge is 0.245 e. The van der Waals surface area contributed by atoms with E-state index in [1.165, 1.54) is 13.8 Å². The Labute approximate surface area is 122 Å². The number of imide groups is 1. The molecule has 1 aliphatic carbocycles. The number of fused-ring (bicyclic) bond motifs is 1. The molecule has 21 heavy (non-hydrogen) atoms. The Hall–Kier alpha value is -2.55. The number of hydrogen-bond acceptors (Lipinski definition) is 5. The van der Waals surface area contributed by atoms with Gasteiger partial charge in [0.1, 0.15) is 17.0 Å². The second-order valence-corrected chi connectivity index (χ2v) is 5.49. The van der Waals surface area contributed by atoms with Gasteiger partial charge in [-0.05, 0) is 31.0 Å². The second kappa shape index (κ2) is 4.48. The molecule has 2 amide bonds. The Kier molecular flexibility index (Phi) is 2.87. The molecule has 1 aliphatic heterocycles. The summed E-state index contributed by atoms with van der Waals surface area (Å²) in [6, 6.07) is 7.09. The number of ether oxygens (including phenoxy) is 1. The maximum absolute atomic E-state index is 11.8. The number of anilines is 1. The number of nitrogens with zero attached hydrogens (tertiary/aromatic N) is 3. The molecule has 1 saturated carbocycles. The summed E-state index contributed by atoms with van der Waals surface area (Å²) in [7, 11) is 0. The van der Waals surface area contributed by atoms with Gasteiger partial charge < -0.3 is 4.74 Å². The molecule has 2 aliphatic rings. The highest BCUT2D eigenvalue weighted by Crippen LogP contribution is 2.48. The van der Waals surface area contributed by atoms with Gasteiger partial charge in [0.2, 0.25) is 11.8 Å². The maximum Gasteiger partial charge on any atom is 0.245 e. The van der Waals surface area contributed by atoms with Crippen LogP contribution in [0.25, 0.3) is 0 Å². The van der Waals surface area contributed by atoms with Crippen LogP contribution in [0.15, 0.2) is 18.2 Å². The van der Waals surface area contributed by atoms with Gasteiger partial charge in [0.15, 0.2) is 0 Å². The van der Waals surface area contributed by atoms with Gasteiger partial charge in [-0.25, -0.2) is 0 Å². The minimum atomic E-state index is -0.353. The van der Waals surface area contributed by atoms with Gasteiger partial charge in [-0.2, -0.15) is 10.3 Å². The summed E-state index contributed by atoms with van der Waals surface area (Å²) in [5.74, 6) is -0.104. The first-order valence-electron chi connectivity index (χ1n) is 6.78. The van der Waals surface area contributed by atoms with Crippen molar-refractivity contribution in [3.63, 3.8) is 0 Å². The van der Waals surface area contributed by atoms with E-state index in [-0.39, 0.29) is 17.4 Å². The van der Waals surface area contributed by atoms with Crippen molar-refractivity contribution >= 4 is 17.5 Å². The zero-order chi connectivity index (χ0) is 15.2. The predicted octanol–water partition coefficient (Wildman–Crippen LogP) is 1.60. The Morgan fingerprint density at radius 2 is 2.00 bits per heavy atom. The van der Waals surface area contributed by atoms with Crippen molar-refractivity contribution in [3.05, 3.63) is 23.8 Å². The number of carbonyl (C=O) groups excluding carboxylic acids is 2. The summed E-state index contributed by atoms with van der Waals surface area (Å²) in [6.45, 7) is 3.14. The quantitative estimate of drug-likeness (QED) is 0.783. The molecule has 1 aromatic rings. The topological polar surface area (TPSA) is 73.6 Å². The predicted molar refractivity (Wildman–Crippen MR) is 74.3 cm³/mol. The lowest BCUT2D eigenvalue weighted by Gasteiger charge is -2.41. The molecule has 3 rings (SSSR count). The molecule has 1 spiro atoms. The molecule has 0 saturated heterocycles. The number of hydrogen-bond donors (Lipinski definition) is 0. The summed E-state index contributed by atoms with van der Waals surface area (Å²) < 4.78 is 5.97. The largest absolute Gasteiger partial charge is 0.483 e. The molecule has 6 heteroatoms. The zero-order valence-corrected chi connectivity index (χ0v) is 11.9. The van der Waals surface area contributed by atoms with Crippen LogP contribution >= 0.6 is 0 Å². The first kappa shape index (κ1) is 13.4. The van der Waals surface area contributed by atoms with Crippen LogP contribution in [0.3, 0.4) is 0 Å². The summed E-state index contributed by atoms with van der Waals surface area (Å²) in [5, 5.41) is 11.8. The van der Waals surface area contributed by atoms with Crippen molar-refractivity contribution in [2.75, 3.05) is 11.6 Å². The molecule has 1 aromatic carbocycles. The molecule has 0 atom stereocenters. The highest BCUT2D eigenvalue weighted by molar-refractivity contribution is 5.95. The van der Waals surface area contributed by atoms with Crippen LogP contribution in [-0.2, 0) is 9.59 Å². The first-order chi connectivity index (χ1) is 9.96. The Morgan fingerprint density at radius 3 is 2.52 bits per heavy atom. The lowest BCUT2D eigenvalue weighted by Crippen LogP contribution is -2.55. The van der Waals surface area contributed by atoms with E-state index >= 15 is 0 Å². The molecule has 108 valence electrons. The average Bonchev–Trinajstić information content (AvgIpc) is 3.16. The van der Waals surface area contributed by atoms with Gasteiger partial charge in [-0.15, -0.1) is 0 Å². The summed E-state index contributed by atoms with van der Waals surface area (Å²) in [5.41, 5.74) is 0.725. The fourth-order valence-electron chi connectivity index (χ4n) is 2.64. The SMILES string of the molecule is CC(=O)N(C(C)=O)N1CC2(CC2)Oc2ccc(C#N)cc21.